The molecule has 4 heteroatoms. The summed E-state index contributed by atoms with van der Waals surface area (Å²) in [5.41, 5.74) is 7.88. The fraction of sp³-hybridized carbons (Fsp3) is 0.308. The number of anilines is 1. The molecule has 0 bridgehead atoms. The van der Waals surface area contributed by atoms with Crippen LogP contribution in [-0.4, -0.2) is 11.7 Å². The predicted octanol–water partition coefficient (Wildman–Crippen LogP) is 3.86. The Morgan fingerprint density at radius 3 is 2.59 bits per heavy atom. The molecule has 0 saturated carbocycles. The normalized spacial score (nSPS) is 12.6. The number of nitrogens with two attached hydrogens (primary N) is 1. The largest absolute Gasteiger partial charge is 0.375 e. The van der Waals surface area contributed by atoms with Crippen molar-refractivity contribution in [1.82, 2.24) is 4.98 Å². The third-order valence-corrected chi connectivity index (χ3v) is 3.71. The second kappa shape index (κ2) is 5.27. The molecule has 0 fully saturated rings. The van der Waals surface area contributed by atoms with E-state index in [4.69, 9.17) is 5.73 Å². The molecule has 2 N–H and O–H groups in total. The molecule has 0 aliphatic carbocycles. The zero-order valence-electron chi connectivity index (χ0n) is 9.69. The standard InChI is InChI=1S/C13H15FN2S/c1-9(6-7-14)10-2-4-11(5-3-10)12-8-16-13(15)17-12/h2-5,8-9H,6-7H2,1H3,(H2,15,16). The zero-order chi connectivity index (χ0) is 12.3. The van der Waals surface area contributed by atoms with Gasteiger partial charge in [-0.2, -0.15) is 0 Å². The number of benzene rings is 1. The first-order valence-electron chi connectivity index (χ1n) is 5.58. The van der Waals surface area contributed by atoms with Gasteiger partial charge in [-0.3, -0.25) is 4.39 Å². The SMILES string of the molecule is CC(CCF)c1ccc(-c2cnc(N)s2)cc1. The van der Waals surface area contributed by atoms with E-state index in [1.54, 1.807) is 6.20 Å². The van der Waals surface area contributed by atoms with Crippen LogP contribution >= 0.6 is 11.3 Å². The average Bonchev–Trinajstić information content (AvgIpc) is 2.76. The van der Waals surface area contributed by atoms with Crippen molar-refractivity contribution < 1.29 is 4.39 Å². The van der Waals surface area contributed by atoms with Gasteiger partial charge in [-0.25, -0.2) is 4.98 Å². The summed E-state index contributed by atoms with van der Waals surface area (Å²) < 4.78 is 12.3. The van der Waals surface area contributed by atoms with Crippen molar-refractivity contribution in [1.29, 1.82) is 0 Å². The van der Waals surface area contributed by atoms with Crippen molar-refractivity contribution in [2.24, 2.45) is 0 Å². The molecule has 1 atom stereocenters. The van der Waals surface area contributed by atoms with E-state index in [-0.39, 0.29) is 12.6 Å². The maximum atomic E-state index is 12.3. The summed E-state index contributed by atoms with van der Waals surface area (Å²) in [5, 5.41) is 0.579. The summed E-state index contributed by atoms with van der Waals surface area (Å²) >= 11 is 1.47. The monoisotopic (exact) mass is 250 g/mol. The van der Waals surface area contributed by atoms with Gasteiger partial charge in [0.05, 0.1) is 11.6 Å². The molecule has 2 aromatic rings. The van der Waals surface area contributed by atoms with E-state index in [9.17, 15) is 4.39 Å². The molecule has 1 aromatic carbocycles. The minimum Gasteiger partial charge on any atom is -0.375 e. The van der Waals surface area contributed by atoms with Gasteiger partial charge >= 0.3 is 0 Å². The molecule has 0 amide bonds. The van der Waals surface area contributed by atoms with Crippen LogP contribution in [0.5, 0.6) is 0 Å². The van der Waals surface area contributed by atoms with Gasteiger partial charge in [0, 0.05) is 6.20 Å². The summed E-state index contributed by atoms with van der Waals surface area (Å²) in [6.07, 6.45) is 2.35. The van der Waals surface area contributed by atoms with Crippen molar-refractivity contribution in [3.8, 4) is 10.4 Å². The second-order valence-corrected chi connectivity index (χ2v) is 5.13. The Kier molecular flexibility index (Phi) is 3.74. The van der Waals surface area contributed by atoms with Gasteiger partial charge in [0.2, 0.25) is 0 Å². The van der Waals surface area contributed by atoms with Gasteiger partial charge in [0.15, 0.2) is 5.13 Å². The van der Waals surface area contributed by atoms with Gasteiger partial charge in [-0.1, -0.05) is 42.5 Å². The van der Waals surface area contributed by atoms with E-state index in [1.165, 1.54) is 16.9 Å². The van der Waals surface area contributed by atoms with Crippen molar-refractivity contribution in [2.45, 2.75) is 19.3 Å². The number of thiazole rings is 1. The highest BCUT2D eigenvalue weighted by Crippen LogP contribution is 2.29. The number of nitrogen functional groups attached to an aromatic ring is 1. The summed E-state index contributed by atoms with van der Waals surface area (Å²) in [5.74, 6) is 0.264. The number of halogens is 1. The van der Waals surface area contributed by atoms with E-state index in [1.807, 2.05) is 31.2 Å². The van der Waals surface area contributed by atoms with Crippen LogP contribution in [0.25, 0.3) is 10.4 Å². The van der Waals surface area contributed by atoms with Gasteiger partial charge in [-0.15, -0.1) is 0 Å². The van der Waals surface area contributed by atoms with Crippen LogP contribution in [0.2, 0.25) is 0 Å². The van der Waals surface area contributed by atoms with Crippen molar-refractivity contribution in [3.05, 3.63) is 36.0 Å². The Labute approximate surface area is 104 Å². The van der Waals surface area contributed by atoms with E-state index in [0.29, 0.717) is 11.6 Å². The third kappa shape index (κ3) is 2.82. The van der Waals surface area contributed by atoms with Gasteiger partial charge in [-0.05, 0) is 23.5 Å². The zero-order valence-corrected chi connectivity index (χ0v) is 10.5. The van der Waals surface area contributed by atoms with Crippen LogP contribution in [-0.2, 0) is 0 Å². The smallest absolute Gasteiger partial charge is 0.180 e. The van der Waals surface area contributed by atoms with E-state index in [2.05, 4.69) is 4.98 Å². The number of alkyl halides is 1. The molecule has 0 saturated heterocycles. The minimum atomic E-state index is -0.270. The summed E-state index contributed by atoms with van der Waals surface area (Å²) in [4.78, 5) is 5.09. The lowest BCUT2D eigenvalue weighted by atomic mass is 9.97. The van der Waals surface area contributed by atoms with Crippen LogP contribution in [0, 0.1) is 0 Å². The van der Waals surface area contributed by atoms with Gasteiger partial charge in [0.1, 0.15) is 0 Å². The maximum Gasteiger partial charge on any atom is 0.180 e. The molecule has 0 aliphatic rings. The quantitative estimate of drug-likeness (QED) is 0.895. The van der Waals surface area contributed by atoms with Crippen molar-refractivity contribution in [2.75, 3.05) is 12.4 Å². The molecule has 1 unspecified atom stereocenters. The fourth-order valence-electron chi connectivity index (χ4n) is 1.73. The van der Waals surface area contributed by atoms with Gasteiger partial charge in [0.25, 0.3) is 0 Å². The number of rotatable bonds is 4. The minimum absolute atomic E-state index is 0.264. The molecule has 0 radical (unpaired) electrons. The first-order chi connectivity index (χ1) is 8.20. The molecular weight excluding hydrogens is 235 g/mol. The highest BCUT2D eigenvalue weighted by atomic mass is 32.1. The first kappa shape index (κ1) is 12.0. The van der Waals surface area contributed by atoms with Gasteiger partial charge < -0.3 is 5.73 Å². The molecule has 90 valence electrons. The topological polar surface area (TPSA) is 38.9 Å². The van der Waals surface area contributed by atoms with Crippen LogP contribution in [0.1, 0.15) is 24.8 Å². The predicted molar refractivity (Wildman–Crippen MR) is 71.0 cm³/mol. The summed E-state index contributed by atoms with van der Waals surface area (Å²) in [6, 6.07) is 8.17. The Hall–Kier alpha value is -1.42. The molecule has 1 aromatic heterocycles. The second-order valence-electron chi connectivity index (χ2n) is 4.06. The van der Waals surface area contributed by atoms with Crippen LogP contribution in [0.3, 0.4) is 0 Å². The Morgan fingerprint density at radius 1 is 1.35 bits per heavy atom. The molecule has 1 heterocycles. The average molecular weight is 250 g/mol. The van der Waals surface area contributed by atoms with E-state index in [0.717, 1.165) is 10.4 Å². The first-order valence-corrected chi connectivity index (χ1v) is 6.40. The lowest BCUT2D eigenvalue weighted by Gasteiger charge is -2.09. The van der Waals surface area contributed by atoms with E-state index < -0.39 is 0 Å². The highest BCUT2D eigenvalue weighted by molar-refractivity contribution is 7.18. The molecule has 0 spiro atoms. The molecule has 17 heavy (non-hydrogen) atoms. The number of aromatic nitrogens is 1. The summed E-state index contributed by atoms with van der Waals surface area (Å²) in [7, 11) is 0. The van der Waals surface area contributed by atoms with Crippen LogP contribution in [0.4, 0.5) is 9.52 Å². The van der Waals surface area contributed by atoms with Crippen LogP contribution < -0.4 is 5.73 Å². The Balaban J connectivity index is 2.18. The maximum absolute atomic E-state index is 12.3. The van der Waals surface area contributed by atoms with Crippen LogP contribution in [0.15, 0.2) is 30.5 Å². The summed E-state index contributed by atoms with van der Waals surface area (Å²) in [6.45, 7) is 1.77. The highest BCUT2D eigenvalue weighted by Gasteiger charge is 2.06. The molecule has 0 aliphatic heterocycles. The number of nitrogens with zero attached hydrogens (tertiary/aromatic N) is 1. The lowest BCUT2D eigenvalue weighted by molar-refractivity contribution is 0.448. The number of hydrogen-bond donors (Lipinski definition) is 1. The molecule has 2 nitrogen and oxygen atoms in total. The molecular formula is C13H15FN2S. The lowest BCUT2D eigenvalue weighted by Crippen LogP contribution is -1.94. The Morgan fingerprint density at radius 2 is 2.06 bits per heavy atom. The molecule has 2 rings (SSSR count). The van der Waals surface area contributed by atoms with Crippen molar-refractivity contribution >= 4 is 16.5 Å². The third-order valence-electron chi connectivity index (χ3n) is 2.83. The fourth-order valence-corrected chi connectivity index (χ4v) is 2.42. The van der Waals surface area contributed by atoms with E-state index >= 15 is 0 Å². The van der Waals surface area contributed by atoms with Crippen molar-refractivity contribution in [3.63, 3.8) is 0 Å². The Bertz CT molecular complexity index is 478. The number of hydrogen-bond acceptors (Lipinski definition) is 3.